The third kappa shape index (κ3) is 4.51. The smallest absolute Gasteiger partial charge is 0.252 e. The average Bonchev–Trinajstić information content (AvgIpc) is 3.13. The van der Waals surface area contributed by atoms with Crippen LogP contribution < -0.4 is 5.32 Å². The molecular weight excluding hydrogens is 384 g/mol. The number of aliphatic hydroxyl groups is 1. The first kappa shape index (κ1) is 19.4. The molecule has 142 valence electrons. The maximum Gasteiger partial charge on any atom is 0.252 e. The van der Waals surface area contributed by atoms with Gasteiger partial charge < -0.3 is 10.4 Å². The van der Waals surface area contributed by atoms with Gasteiger partial charge in [-0.1, -0.05) is 12.1 Å². The van der Waals surface area contributed by atoms with Crippen molar-refractivity contribution in [2.24, 2.45) is 0 Å². The summed E-state index contributed by atoms with van der Waals surface area (Å²) in [6, 6.07) is 12.7. The number of benzene rings is 1. The normalized spacial score (nSPS) is 11.7. The standard InChI is InChI=1S/C18H20N4O3S2/c1-22(2)27(24,25)17-7-6-16(26-17)15-8-10-19-18(21-15)20-14-5-3-4-13(12-14)9-11-23/h3-8,10,12,23H,9,11H2,1-2H3,(H,19,20,21). The molecule has 0 saturated carbocycles. The fourth-order valence-corrected chi connectivity index (χ4v) is 4.84. The fourth-order valence-electron chi connectivity index (χ4n) is 2.40. The molecular formula is C18H20N4O3S2. The molecule has 0 amide bonds. The Morgan fingerprint density at radius 3 is 2.74 bits per heavy atom. The summed E-state index contributed by atoms with van der Waals surface area (Å²) in [6.45, 7) is 0.0893. The molecule has 0 unspecified atom stereocenters. The Morgan fingerprint density at radius 2 is 2.00 bits per heavy atom. The monoisotopic (exact) mass is 404 g/mol. The summed E-state index contributed by atoms with van der Waals surface area (Å²) in [5.41, 5.74) is 2.47. The van der Waals surface area contributed by atoms with Crippen LogP contribution in [0.1, 0.15) is 5.56 Å². The summed E-state index contributed by atoms with van der Waals surface area (Å²) in [7, 11) is -0.448. The minimum atomic E-state index is -3.46. The van der Waals surface area contributed by atoms with Crippen LogP contribution in [0.4, 0.5) is 11.6 Å². The molecule has 0 atom stereocenters. The molecule has 27 heavy (non-hydrogen) atoms. The van der Waals surface area contributed by atoms with Gasteiger partial charge in [0, 0.05) is 32.6 Å². The predicted octanol–water partition coefficient (Wildman–Crippen LogP) is 2.73. The molecule has 3 aromatic rings. The second-order valence-electron chi connectivity index (χ2n) is 5.97. The van der Waals surface area contributed by atoms with Gasteiger partial charge in [0.2, 0.25) is 5.95 Å². The van der Waals surface area contributed by atoms with Crippen LogP contribution in [0, 0.1) is 0 Å². The number of hydrogen-bond acceptors (Lipinski definition) is 7. The van der Waals surface area contributed by atoms with Gasteiger partial charge in [-0.05, 0) is 42.3 Å². The minimum Gasteiger partial charge on any atom is -0.396 e. The van der Waals surface area contributed by atoms with E-state index in [0.717, 1.165) is 16.1 Å². The lowest BCUT2D eigenvalue weighted by atomic mass is 10.1. The molecule has 0 aliphatic heterocycles. The molecule has 0 saturated heterocycles. The highest BCUT2D eigenvalue weighted by molar-refractivity contribution is 7.91. The predicted molar refractivity (Wildman–Crippen MR) is 107 cm³/mol. The van der Waals surface area contributed by atoms with Gasteiger partial charge in [-0.25, -0.2) is 22.7 Å². The van der Waals surface area contributed by atoms with Gasteiger partial charge in [0.05, 0.1) is 10.6 Å². The zero-order chi connectivity index (χ0) is 19.4. The first-order valence-electron chi connectivity index (χ1n) is 8.23. The molecule has 0 radical (unpaired) electrons. The van der Waals surface area contributed by atoms with E-state index in [1.54, 1.807) is 24.4 Å². The van der Waals surface area contributed by atoms with Crippen molar-refractivity contribution in [3.05, 3.63) is 54.2 Å². The summed E-state index contributed by atoms with van der Waals surface area (Å²) in [5, 5.41) is 12.2. The van der Waals surface area contributed by atoms with E-state index >= 15 is 0 Å². The van der Waals surface area contributed by atoms with Crippen LogP contribution in [0.15, 0.2) is 52.9 Å². The number of hydrogen-bond donors (Lipinski definition) is 2. The van der Waals surface area contributed by atoms with E-state index in [1.165, 1.54) is 29.7 Å². The lowest BCUT2D eigenvalue weighted by Gasteiger charge is -2.08. The summed E-state index contributed by atoms with van der Waals surface area (Å²) in [6.07, 6.45) is 2.21. The van der Waals surface area contributed by atoms with Crippen LogP contribution in [-0.4, -0.2) is 48.5 Å². The molecule has 0 aliphatic rings. The van der Waals surface area contributed by atoms with E-state index < -0.39 is 10.0 Å². The van der Waals surface area contributed by atoms with Gasteiger partial charge in [0.25, 0.3) is 10.0 Å². The van der Waals surface area contributed by atoms with Gasteiger partial charge in [0.1, 0.15) is 4.21 Å². The molecule has 2 aromatic heterocycles. The fraction of sp³-hybridized carbons (Fsp3) is 0.222. The number of aromatic nitrogens is 2. The van der Waals surface area contributed by atoms with Crippen LogP contribution in [0.3, 0.4) is 0 Å². The minimum absolute atomic E-state index is 0.0893. The molecule has 0 spiro atoms. The number of thiophene rings is 1. The summed E-state index contributed by atoms with van der Waals surface area (Å²) in [5.74, 6) is 0.416. The van der Waals surface area contributed by atoms with Gasteiger partial charge >= 0.3 is 0 Å². The zero-order valence-corrected chi connectivity index (χ0v) is 16.6. The maximum absolute atomic E-state index is 12.2. The number of anilines is 2. The molecule has 2 heterocycles. The van der Waals surface area contributed by atoms with Crippen molar-refractivity contribution in [3.8, 4) is 10.6 Å². The van der Waals surface area contributed by atoms with Gasteiger partial charge in [-0.2, -0.15) is 0 Å². The summed E-state index contributed by atoms with van der Waals surface area (Å²) in [4.78, 5) is 9.46. The van der Waals surface area contributed by atoms with E-state index in [9.17, 15) is 8.42 Å². The van der Waals surface area contributed by atoms with Crippen molar-refractivity contribution in [2.75, 3.05) is 26.0 Å². The van der Waals surface area contributed by atoms with E-state index in [0.29, 0.717) is 18.1 Å². The second-order valence-corrected chi connectivity index (χ2v) is 9.43. The van der Waals surface area contributed by atoms with Gasteiger partial charge in [-0.15, -0.1) is 11.3 Å². The third-order valence-corrected chi connectivity index (χ3v) is 7.20. The highest BCUT2D eigenvalue weighted by Gasteiger charge is 2.20. The van der Waals surface area contributed by atoms with E-state index in [1.807, 2.05) is 24.3 Å². The Kier molecular flexibility index (Phi) is 5.85. The first-order valence-corrected chi connectivity index (χ1v) is 10.5. The lowest BCUT2D eigenvalue weighted by Crippen LogP contribution is -2.21. The number of sulfonamides is 1. The SMILES string of the molecule is CN(C)S(=O)(=O)c1ccc(-c2ccnc(Nc3cccc(CCO)c3)n2)s1. The number of rotatable bonds is 7. The molecule has 9 heteroatoms. The maximum atomic E-state index is 12.2. The Labute approximate surface area is 162 Å². The van der Waals surface area contributed by atoms with Crippen LogP contribution in [0.25, 0.3) is 10.6 Å². The van der Waals surface area contributed by atoms with E-state index in [2.05, 4.69) is 15.3 Å². The molecule has 3 rings (SSSR count). The molecule has 0 aliphatic carbocycles. The van der Waals surface area contributed by atoms with Crippen molar-refractivity contribution in [3.63, 3.8) is 0 Å². The second kappa shape index (κ2) is 8.13. The quantitative estimate of drug-likeness (QED) is 0.629. The Balaban J connectivity index is 1.84. The molecule has 0 bridgehead atoms. The van der Waals surface area contributed by atoms with Crippen molar-refractivity contribution in [2.45, 2.75) is 10.6 Å². The van der Waals surface area contributed by atoms with Crippen LogP contribution >= 0.6 is 11.3 Å². The van der Waals surface area contributed by atoms with Crippen molar-refractivity contribution in [1.29, 1.82) is 0 Å². The number of nitrogens with zero attached hydrogens (tertiary/aromatic N) is 3. The third-order valence-electron chi connectivity index (χ3n) is 3.81. The number of nitrogens with one attached hydrogen (secondary N) is 1. The van der Waals surface area contributed by atoms with Crippen LogP contribution in [0.5, 0.6) is 0 Å². The summed E-state index contributed by atoms with van der Waals surface area (Å²) < 4.78 is 25.9. The van der Waals surface area contributed by atoms with Gasteiger partial charge in [0.15, 0.2) is 0 Å². The molecule has 7 nitrogen and oxygen atoms in total. The Bertz CT molecular complexity index is 1030. The first-order chi connectivity index (χ1) is 12.9. The van der Waals surface area contributed by atoms with Crippen molar-refractivity contribution in [1.82, 2.24) is 14.3 Å². The molecule has 1 aromatic carbocycles. The van der Waals surface area contributed by atoms with E-state index in [4.69, 9.17) is 5.11 Å². The topological polar surface area (TPSA) is 95.4 Å². The van der Waals surface area contributed by atoms with Crippen molar-refractivity contribution < 1.29 is 13.5 Å². The highest BCUT2D eigenvalue weighted by Crippen LogP contribution is 2.31. The Hall–Kier alpha value is -2.33. The van der Waals surface area contributed by atoms with E-state index in [-0.39, 0.29) is 10.8 Å². The lowest BCUT2D eigenvalue weighted by molar-refractivity contribution is 0.299. The highest BCUT2D eigenvalue weighted by atomic mass is 32.2. The molecule has 2 N–H and O–H groups in total. The van der Waals surface area contributed by atoms with Crippen LogP contribution in [-0.2, 0) is 16.4 Å². The number of aliphatic hydroxyl groups excluding tert-OH is 1. The van der Waals surface area contributed by atoms with Crippen molar-refractivity contribution >= 4 is 33.0 Å². The Morgan fingerprint density at radius 1 is 1.19 bits per heavy atom. The zero-order valence-electron chi connectivity index (χ0n) is 15.0. The molecule has 0 fully saturated rings. The summed E-state index contributed by atoms with van der Waals surface area (Å²) >= 11 is 1.17. The largest absolute Gasteiger partial charge is 0.396 e. The van der Waals surface area contributed by atoms with Gasteiger partial charge in [-0.3, -0.25) is 0 Å². The average molecular weight is 405 g/mol. The van der Waals surface area contributed by atoms with Crippen LogP contribution in [0.2, 0.25) is 0 Å².